The van der Waals surface area contributed by atoms with Crippen molar-refractivity contribution in [3.05, 3.63) is 0 Å². The van der Waals surface area contributed by atoms with Crippen molar-refractivity contribution in [3.63, 3.8) is 0 Å². The fraction of sp³-hybridized carbons (Fsp3) is 0.833. The summed E-state index contributed by atoms with van der Waals surface area (Å²) in [7, 11) is 0. The normalized spacial score (nSPS) is 24.9. The summed E-state index contributed by atoms with van der Waals surface area (Å²) in [4.78, 5) is 25.0. The molecule has 0 aromatic rings. The van der Waals surface area contributed by atoms with Gasteiger partial charge in [0.15, 0.2) is 0 Å². The lowest BCUT2D eigenvalue weighted by Gasteiger charge is -2.34. The lowest BCUT2D eigenvalue weighted by Crippen LogP contribution is -2.52. The van der Waals surface area contributed by atoms with Crippen LogP contribution in [0.25, 0.3) is 0 Å². The van der Waals surface area contributed by atoms with Crippen LogP contribution in [0.1, 0.15) is 27.7 Å². The number of nitrogens with zero attached hydrogens (tertiary/aromatic N) is 1. The Bertz CT molecular complexity index is 281. The first-order chi connectivity index (χ1) is 7.90. The molecule has 98 valence electrons. The van der Waals surface area contributed by atoms with E-state index in [4.69, 9.17) is 4.74 Å². The fourth-order valence-corrected chi connectivity index (χ4v) is 1.86. The zero-order valence-corrected chi connectivity index (χ0v) is 11.0. The molecular weight excluding hydrogens is 220 g/mol. The van der Waals surface area contributed by atoms with Crippen LogP contribution in [0.3, 0.4) is 0 Å². The molecule has 0 radical (unpaired) electrons. The second-order valence-corrected chi connectivity index (χ2v) is 5.07. The van der Waals surface area contributed by atoms with Gasteiger partial charge in [0.2, 0.25) is 0 Å². The van der Waals surface area contributed by atoms with Crippen LogP contribution in [-0.2, 0) is 14.3 Å². The van der Waals surface area contributed by atoms with Gasteiger partial charge in [0, 0.05) is 19.6 Å². The van der Waals surface area contributed by atoms with Crippen LogP contribution in [-0.4, -0.2) is 48.6 Å². The molecule has 5 nitrogen and oxygen atoms in total. The minimum absolute atomic E-state index is 0.0133. The minimum Gasteiger partial charge on any atom is -0.372 e. The Hall–Kier alpha value is -1.10. The molecule has 0 bridgehead atoms. The van der Waals surface area contributed by atoms with E-state index in [0.29, 0.717) is 25.6 Å². The van der Waals surface area contributed by atoms with E-state index < -0.39 is 11.8 Å². The van der Waals surface area contributed by atoms with E-state index >= 15 is 0 Å². The Morgan fingerprint density at radius 3 is 2.29 bits per heavy atom. The van der Waals surface area contributed by atoms with Crippen LogP contribution >= 0.6 is 0 Å². The molecule has 2 unspecified atom stereocenters. The van der Waals surface area contributed by atoms with Gasteiger partial charge in [0.05, 0.1) is 12.2 Å². The van der Waals surface area contributed by atoms with E-state index in [1.54, 1.807) is 4.90 Å². The van der Waals surface area contributed by atoms with Gasteiger partial charge in [-0.2, -0.15) is 0 Å². The average Bonchev–Trinajstić information content (AvgIpc) is 2.23. The summed E-state index contributed by atoms with van der Waals surface area (Å²) < 4.78 is 5.52. The summed E-state index contributed by atoms with van der Waals surface area (Å²) in [5.41, 5.74) is 0. The Morgan fingerprint density at radius 1 is 1.29 bits per heavy atom. The molecule has 17 heavy (non-hydrogen) atoms. The second-order valence-electron chi connectivity index (χ2n) is 5.07. The van der Waals surface area contributed by atoms with Gasteiger partial charge >= 0.3 is 11.8 Å². The molecule has 0 aliphatic carbocycles. The van der Waals surface area contributed by atoms with Crippen LogP contribution < -0.4 is 5.32 Å². The third-order valence-corrected chi connectivity index (χ3v) is 2.57. The van der Waals surface area contributed by atoms with E-state index in [-0.39, 0.29) is 12.2 Å². The molecule has 1 aliphatic rings. The maximum absolute atomic E-state index is 11.9. The molecule has 1 rings (SSSR count). The molecule has 1 aliphatic heterocycles. The van der Waals surface area contributed by atoms with Gasteiger partial charge < -0.3 is 15.0 Å². The van der Waals surface area contributed by atoms with Crippen LogP contribution in [0.5, 0.6) is 0 Å². The number of rotatable bonds is 2. The first-order valence-electron chi connectivity index (χ1n) is 6.12. The quantitative estimate of drug-likeness (QED) is 0.713. The third kappa shape index (κ3) is 4.34. The lowest BCUT2D eigenvalue weighted by molar-refractivity contribution is -0.153. The highest BCUT2D eigenvalue weighted by Crippen LogP contribution is 2.10. The molecule has 1 N–H and O–H groups in total. The first-order valence-corrected chi connectivity index (χ1v) is 6.12. The molecule has 1 fully saturated rings. The van der Waals surface area contributed by atoms with Crippen molar-refractivity contribution in [1.82, 2.24) is 10.2 Å². The van der Waals surface area contributed by atoms with Gasteiger partial charge in [-0.25, -0.2) is 0 Å². The smallest absolute Gasteiger partial charge is 0.312 e. The summed E-state index contributed by atoms with van der Waals surface area (Å²) in [5, 5.41) is 2.64. The highest BCUT2D eigenvalue weighted by atomic mass is 16.5. The monoisotopic (exact) mass is 242 g/mol. The Kier molecular flexibility index (Phi) is 4.93. The van der Waals surface area contributed by atoms with Crippen LogP contribution in [0.2, 0.25) is 0 Å². The largest absolute Gasteiger partial charge is 0.372 e. The lowest BCUT2D eigenvalue weighted by atomic mass is 10.2. The van der Waals surface area contributed by atoms with E-state index in [0.717, 1.165) is 0 Å². The predicted octanol–water partition coefficient (Wildman–Crippen LogP) is 0.394. The van der Waals surface area contributed by atoms with Gasteiger partial charge in [-0.1, -0.05) is 13.8 Å². The molecule has 2 atom stereocenters. The topological polar surface area (TPSA) is 58.6 Å². The molecule has 1 saturated heterocycles. The predicted molar refractivity (Wildman–Crippen MR) is 64.4 cm³/mol. The van der Waals surface area contributed by atoms with Crippen LogP contribution in [0.4, 0.5) is 0 Å². The number of amides is 2. The van der Waals surface area contributed by atoms with Gasteiger partial charge in [-0.05, 0) is 19.8 Å². The molecular formula is C12H22N2O3. The van der Waals surface area contributed by atoms with Crippen LogP contribution in [0, 0.1) is 5.92 Å². The number of carbonyl (C=O) groups is 2. The number of hydrogen-bond donors (Lipinski definition) is 1. The zero-order chi connectivity index (χ0) is 13.0. The number of hydrogen-bond acceptors (Lipinski definition) is 3. The first kappa shape index (κ1) is 14.0. The van der Waals surface area contributed by atoms with Crippen molar-refractivity contribution < 1.29 is 14.3 Å². The van der Waals surface area contributed by atoms with Crippen LogP contribution in [0.15, 0.2) is 0 Å². The Labute approximate surface area is 102 Å². The summed E-state index contributed by atoms with van der Waals surface area (Å²) in [6.07, 6.45) is -0.0267. The van der Waals surface area contributed by atoms with Crippen molar-refractivity contribution >= 4 is 11.8 Å². The van der Waals surface area contributed by atoms with E-state index in [1.165, 1.54) is 0 Å². The maximum atomic E-state index is 11.9. The summed E-state index contributed by atoms with van der Waals surface area (Å²) >= 11 is 0. The standard InChI is InChI=1S/C12H22N2O3/c1-8(2)5-13-11(15)12(16)14-6-9(3)17-10(4)7-14/h8-10H,5-7H2,1-4H3,(H,13,15). The average molecular weight is 242 g/mol. The summed E-state index contributed by atoms with van der Waals surface area (Å²) in [6, 6.07) is 0. The SMILES string of the molecule is CC(C)CNC(=O)C(=O)N1CC(C)OC(C)C1. The van der Waals surface area contributed by atoms with Gasteiger partial charge in [-0.15, -0.1) is 0 Å². The van der Waals surface area contributed by atoms with Gasteiger partial charge in [-0.3, -0.25) is 9.59 Å². The summed E-state index contributed by atoms with van der Waals surface area (Å²) in [5.74, 6) is -0.623. The molecule has 5 heteroatoms. The van der Waals surface area contributed by atoms with Gasteiger partial charge in [0.25, 0.3) is 0 Å². The fourth-order valence-electron chi connectivity index (χ4n) is 1.86. The van der Waals surface area contributed by atoms with E-state index in [2.05, 4.69) is 5.32 Å². The molecule has 2 amide bonds. The highest BCUT2D eigenvalue weighted by Gasteiger charge is 2.29. The van der Waals surface area contributed by atoms with E-state index in [1.807, 2.05) is 27.7 Å². The third-order valence-electron chi connectivity index (χ3n) is 2.57. The number of ether oxygens (including phenoxy) is 1. The van der Waals surface area contributed by atoms with Crippen molar-refractivity contribution in [2.45, 2.75) is 39.9 Å². The van der Waals surface area contributed by atoms with E-state index in [9.17, 15) is 9.59 Å². The number of nitrogens with one attached hydrogen (secondary N) is 1. The van der Waals surface area contributed by atoms with Crippen molar-refractivity contribution in [2.75, 3.05) is 19.6 Å². The number of carbonyl (C=O) groups excluding carboxylic acids is 2. The minimum atomic E-state index is -0.514. The molecule has 0 spiro atoms. The molecule has 0 aromatic carbocycles. The summed E-state index contributed by atoms with van der Waals surface area (Å²) in [6.45, 7) is 9.29. The van der Waals surface area contributed by atoms with Crippen molar-refractivity contribution in [2.24, 2.45) is 5.92 Å². The Balaban J connectivity index is 2.48. The van der Waals surface area contributed by atoms with Crippen molar-refractivity contribution in [3.8, 4) is 0 Å². The molecule has 0 saturated carbocycles. The Morgan fingerprint density at radius 2 is 1.82 bits per heavy atom. The second kappa shape index (κ2) is 6.00. The highest BCUT2D eigenvalue weighted by molar-refractivity contribution is 6.35. The maximum Gasteiger partial charge on any atom is 0.312 e. The van der Waals surface area contributed by atoms with Crippen molar-refractivity contribution in [1.29, 1.82) is 0 Å². The number of morpholine rings is 1. The van der Waals surface area contributed by atoms with Gasteiger partial charge in [0.1, 0.15) is 0 Å². The zero-order valence-electron chi connectivity index (χ0n) is 11.0. The molecule has 0 aromatic heterocycles. The molecule has 1 heterocycles.